The number of allylic oxidation sites excluding steroid dienone is 2. The van der Waals surface area contributed by atoms with Gasteiger partial charge in [-0.3, -0.25) is 9.59 Å². The Balaban J connectivity index is 1.82. The summed E-state index contributed by atoms with van der Waals surface area (Å²) in [6, 6.07) is 16.9. The highest BCUT2D eigenvalue weighted by atomic mass is 79.9. The average molecular weight is 441 g/mol. The molecule has 28 heavy (non-hydrogen) atoms. The van der Waals surface area contributed by atoms with Crippen molar-refractivity contribution < 1.29 is 14.3 Å². The van der Waals surface area contributed by atoms with Crippen LogP contribution in [-0.4, -0.2) is 43.0 Å². The van der Waals surface area contributed by atoms with E-state index in [1.807, 2.05) is 42.5 Å². The molecule has 1 N–H and O–H groups in total. The Labute approximate surface area is 172 Å². The van der Waals surface area contributed by atoms with Gasteiger partial charge >= 0.3 is 0 Å². The fraction of sp³-hybridized carbons (Fsp3) is 0.182. The molecule has 2 aromatic rings. The SMILES string of the molecule is O=C(NC(=CC=Cc1ccccc1)C(=O)N1CCOCC1)c1ccccc1Br. The van der Waals surface area contributed by atoms with E-state index in [0.29, 0.717) is 36.3 Å². The van der Waals surface area contributed by atoms with Gasteiger partial charge < -0.3 is 15.0 Å². The highest BCUT2D eigenvalue weighted by molar-refractivity contribution is 9.10. The molecule has 0 bridgehead atoms. The standard InChI is InChI=1S/C22H21BrN2O3/c23-19-11-5-4-10-18(19)21(26)24-20(22(27)25-13-15-28-16-14-25)12-6-9-17-7-2-1-3-8-17/h1-12H,13-16H2,(H,24,26). The molecule has 1 heterocycles. The highest BCUT2D eigenvalue weighted by Crippen LogP contribution is 2.16. The number of rotatable bonds is 5. The van der Waals surface area contributed by atoms with Crippen LogP contribution >= 0.6 is 15.9 Å². The van der Waals surface area contributed by atoms with Crippen molar-refractivity contribution in [1.82, 2.24) is 10.2 Å². The number of ether oxygens (including phenoxy) is 1. The molecule has 1 fully saturated rings. The molecule has 3 rings (SSSR count). The molecule has 0 unspecified atom stereocenters. The van der Waals surface area contributed by atoms with Gasteiger partial charge in [-0.05, 0) is 39.7 Å². The van der Waals surface area contributed by atoms with Gasteiger partial charge in [-0.15, -0.1) is 0 Å². The first kappa shape index (κ1) is 20.0. The fourth-order valence-corrected chi connectivity index (χ4v) is 3.22. The third-order valence-electron chi connectivity index (χ3n) is 4.25. The van der Waals surface area contributed by atoms with E-state index >= 15 is 0 Å². The lowest BCUT2D eigenvalue weighted by atomic mass is 10.2. The van der Waals surface area contributed by atoms with E-state index in [2.05, 4.69) is 21.2 Å². The first-order chi connectivity index (χ1) is 13.6. The van der Waals surface area contributed by atoms with Gasteiger partial charge in [-0.2, -0.15) is 0 Å². The lowest BCUT2D eigenvalue weighted by molar-refractivity contribution is -0.131. The van der Waals surface area contributed by atoms with Gasteiger partial charge in [0.15, 0.2) is 0 Å². The minimum absolute atomic E-state index is 0.221. The minimum atomic E-state index is -0.339. The Morgan fingerprint density at radius 2 is 1.68 bits per heavy atom. The second kappa shape index (κ2) is 10.0. The van der Waals surface area contributed by atoms with Crippen LogP contribution < -0.4 is 5.32 Å². The Morgan fingerprint density at radius 3 is 2.39 bits per heavy atom. The molecule has 144 valence electrons. The van der Waals surface area contributed by atoms with Crippen LogP contribution in [0.5, 0.6) is 0 Å². The number of benzene rings is 2. The van der Waals surface area contributed by atoms with Crippen molar-refractivity contribution in [3.63, 3.8) is 0 Å². The maximum absolute atomic E-state index is 12.9. The van der Waals surface area contributed by atoms with Crippen LogP contribution in [0.15, 0.2) is 76.9 Å². The lowest BCUT2D eigenvalue weighted by Gasteiger charge is -2.27. The van der Waals surface area contributed by atoms with E-state index in [1.165, 1.54) is 0 Å². The molecule has 0 aromatic heterocycles. The molecule has 0 saturated carbocycles. The maximum atomic E-state index is 12.9. The Hall–Kier alpha value is -2.70. The van der Waals surface area contributed by atoms with Crippen molar-refractivity contribution in [2.75, 3.05) is 26.3 Å². The second-order valence-electron chi connectivity index (χ2n) is 6.19. The van der Waals surface area contributed by atoms with E-state index in [0.717, 1.165) is 5.56 Å². The molecule has 0 atom stereocenters. The van der Waals surface area contributed by atoms with Crippen molar-refractivity contribution in [3.8, 4) is 0 Å². The van der Waals surface area contributed by atoms with E-state index < -0.39 is 0 Å². The van der Waals surface area contributed by atoms with E-state index in [9.17, 15) is 9.59 Å². The van der Waals surface area contributed by atoms with E-state index in [1.54, 1.807) is 35.3 Å². The summed E-state index contributed by atoms with van der Waals surface area (Å²) in [6.45, 7) is 2.00. The summed E-state index contributed by atoms with van der Waals surface area (Å²) in [5, 5.41) is 2.77. The zero-order chi connectivity index (χ0) is 19.8. The van der Waals surface area contributed by atoms with Crippen LogP contribution in [0.2, 0.25) is 0 Å². The van der Waals surface area contributed by atoms with E-state index in [4.69, 9.17) is 4.74 Å². The topological polar surface area (TPSA) is 58.6 Å². The highest BCUT2D eigenvalue weighted by Gasteiger charge is 2.22. The van der Waals surface area contributed by atoms with Crippen molar-refractivity contribution in [2.45, 2.75) is 0 Å². The molecule has 1 saturated heterocycles. The summed E-state index contributed by atoms with van der Waals surface area (Å²) in [7, 11) is 0. The van der Waals surface area contributed by atoms with Crippen LogP contribution in [-0.2, 0) is 9.53 Å². The predicted molar refractivity (Wildman–Crippen MR) is 113 cm³/mol. The Bertz CT molecular complexity index is 888. The normalized spacial score (nSPS) is 14.9. The number of carbonyl (C=O) groups is 2. The van der Waals surface area contributed by atoms with Crippen LogP contribution in [0.1, 0.15) is 15.9 Å². The Kier molecular flexibility index (Phi) is 7.17. The Morgan fingerprint density at radius 1 is 1.00 bits per heavy atom. The van der Waals surface area contributed by atoms with Crippen molar-refractivity contribution in [1.29, 1.82) is 0 Å². The molecule has 0 radical (unpaired) electrons. The summed E-state index contributed by atoms with van der Waals surface area (Å²) in [5.41, 5.74) is 1.71. The molecular formula is C22H21BrN2O3. The summed E-state index contributed by atoms with van der Waals surface area (Å²) in [6.07, 6.45) is 5.29. The zero-order valence-electron chi connectivity index (χ0n) is 15.3. The van der Waals surface area contributed by atoms with Gasteiger partial charge in [-0.1, -0.05) is 54.6 Å². The minimum Gasteiger partial charge on any atom is -0.378 e. The molecule has 2 amide bonds. The fourth-order valence-electron chi connectivity index (χ4n) is 2.76. The molecule has 1 aliphatic rings. The number of hydrogen-bond acceptors (Lipinski definition) is 3. The monoisotopic (exact) mass is 440 g/mol. The molecule has 0 spiro atoms. The molecule has 2 aromatic carbocycles. The van der Waals surface area contributed by atoms with Gasteiger partial charge in [0.1, 0.15) is 5.70 Å². The van der Waals surface area contributed by atoms with Crippen LogP contribution in [0.4, 0.5) is 0 Å². The third kappa shape index (κ3) is 5.41. The number of amides is 2. The molecular weight excluding hydrogens is 420 g/mol. The van der Waals surface area contributed by atoms with Crippen LogP contribution in [0.3, 0.4) is 0 Å². The van der Waals surface area contributed by atoms with Crippen LogP contribution in [0, 0.1) is 0 Å². The first-order valence-electron chi connectivity index (χ1n) is 9.01. The number of hydrogen-bond donors (Lipinski definition) is 1. The summed E-state index contributed by atoms with van der Waals surface area (Å²) in [4.78, 5) is 27.3. The van der Waals surface area contributed by atoms with Gasteiger partial charge in [-0.25, -0.2) is 0 Å². The van der Waals surface area contributed by atoms with Crippen molar-refractivity contribution >= 4 is 33.8 Å². The molecule has 5 nitrogen and oxygen atoms in total. The number of nitrogens with one attached hydrogen (secondary N) is 1. The quantitative estimate of drug-likeness (QED) is 0.570. The van der Waals surface area contributed by atoms with Gasteiger partial charge in [0, 0.05) is 17.6 Å². The maximum Gasteiger partial charge on any atom is 0.270 e. The number of halogens is 1. The number of nitrogens with zero attached hydrogens (tertiary/aromatic N) is 1. The first-order valence-corrected chi connectivity index (χ1v) is 9.81. The van der Waals surface area contributed by atoms with Gasteiger partial charge in [0.05, 0.1) is 18.8 Å². The van der Waals surface area contributed by atoms with Gasteiger partial charge in [0.2, 0.25) is 0 Å². The second-order valence-corrected chi connectivity index (χ2v) is 7.04. The molecule has 6 heteroatoms. The molecule has 0 aliphatic carbocycles. The van der Waals surface area contributed by atoms with E-state index in [-0.39, 0.29) is 17.5 Å². The smallest absolute Gasteiger partial charge is 0.270 e. The van der Waals surface area contributed by atoms with Crippen molar-refractivity contribution in [2.24, 2.45) is 0 Å². The lowest BCUT2D eigenvalue weighted by Crippen LogP contribution is -2.44. The van der Waals surface area contributed by atoms with Crippen molar-refractivity contribution in [3.05, 3.63) is 88.0 Å². The molecule has 1 aliphatic heterocycles. The largest absolute Gasteiger partial charge is 0.378 e. The third-order valence-corrected chi connectivity index (χ3v) is 4.94. The summed E-state index contributed by atoms with van der Waals surface area (Å²) >= 11 is 3.38. The zero-order valence-corrected chi connectivity index (χ0v) is 16.9. The van der Waals surface area contributed by atoms with Gasteiger partial charge in [0.25, 0.3) is 11.8 Å². The summed E-state index contributed by atoms with van der Waals surface area (Å²) < 4.78 is 5.99. The average Bonchev–Trinajstić information content (AvgIpc) is 2.74. The van der Waals surface area contributed by atoms with Crippen LogP contribution in [0.25, 0.3) is 6.08 Å². The number of morpholine rings is 1. The number of carbonyl (C=O) groups excluding carboxylic acids is 2. The predicted octanol–water partition coefficient (Wildman–Crippen LogP) is 3.64. The summed E-state index contributed by atoms with van der Waals surface area (Å²) in [5.74, 6) is -0.560.